The molecule has 6 rings (SSSR count). The van der Waals surface area contributed by atoms with Gasteiger partial charge in [0.05, 0.1) is 52.9 Å². The molecule has 6 heterocycles. The van der Waals surface area contributed by atoms with Gasteiger partial charge >= 0.3 is 0 Å². The Balaban J connectivity index is 1.45. The zero-order valence-electron chi connectivity index (χ0n) is 16.6. The minimum absolute atomic E-state index is 0.856. The van der Waals surface area contributed by atoms with Gasteiger partial charge in [0.15, 0.2) is 0 Å². The Morgan fingerprint density at radius 3 is 2.67 bits per heavy atom. The molecule has 9 heteroatoms. The molecule has 5 aromatic rings. The number of nitrogens with one attached hydrogen (secondary N) is 3. The number of anilines is 1. The predicted octanol–water partition coefficient (Wildman–Crippen LogP) is 2.64. The molecule has 0 amide bonds. The topological polar surface area (TPSA) is 105 Å². The second-order valence-electron chi connectivity index (χ2n) is 7.77. The molecule has 0 aromatic carbocycles. The Kier molecular flexibility index (Phi) is 3.81. The maximum atomic E-state index is 4.58. The molecule has 0 saturated carbocycles. The third kappa shape index (κ3) is 2.74. The first kappa shape index (κ1) is 17.2. The van der Waals surface area contributed by atoms with Crippen molar-refractivity contribution in [1.82, 2.24) is 40.2 Å². The Morgan fingerprint density at radius 2 is 1.83 bits per heavy atom. The van der Waals surface area contributed by atoms with Gasteiger partial charge in [-0.1, -0.05) is 0 Å². The largest absolute Gasteiger partial charge is 0.367 e. The Hall–Kier alpha value is -3.72. The first-order valence-corrected chi connectivity index (χ1v) is 10.00. The van der Waals surface area contributed by atoms with E-state index in [4.69, 9.17) is 0 Å². The molecule has 0 radical (unpaired) electrons. The predicted molar refractivity (Wildman–Crippen MR) is 116 cm³/mol. The Bertz CT molecular complexity index is 1320. The quantitative estimate of drug-likeness (QED) is 0.431. The number of pyridine rings is 2. The van der Waals surface area contributed by atoms with Gasteiger partial charge in [-0.05, 0) is 19.2 Å². The smallest absolute Gasteiger partial charge is 0.116 e. The summed E-state index contributed by atoms with van der Waals surface area (Å²) in [5.74, 6) is 0. The van der Waals surface area contributed by atoms with Gasteiger partial charge in [0.25, 0.3) is 0 Å². The highest BCUT2D eigenvalue weighted by Crippen LogP contribution is 2.33. The zero-order valence-corrected chi connectivity index (χ0v) is 16.6. The van der Waals surface area contributed by atoms with Crippen molar-refractivity contribution in [2.75, 3.05) is 38.1 Å². The number of H-pyrrole nitrogens is 3. The molecule has 1 aliphatic heterocycles. The molecule has 5 aromatic heterocycles. The number of nitrogens with zero attached hydrogens (tertiary/aromatic N) is 6. The van der Waals surface area contributed by atoms with E-state index < -0.39 is 0 Å². The van der Waals surface area contributed by atoms with Crippen LogP contribution in [-0.4, -0.2) is 73.5 Å². The van der Waals surface area contributed by atoms with Crippen LogP contribution in [0.4, 0.5) is 5.69 Å². The van der Waals surface area contributed by atoms with Gasteiger partial charge in [-0.2, -0.15) is 10.2 Å². The molecule has 1 fully saturated rings. The molecule has 1 aliphatic rings. The lowest BCUT2D eigenvalue weighted by atomic mass is 10.1. The fraction of sp³-hybridized carbons (Fsp3) is 0.238. The standard InChI is InChI=1S/C21H21N9/c1-29-2-4-30(5-3-29)20-12-22-10-18-14(20)6-17(26-18)21-15-7-16(13-8-24-25-9-13)23-11-19(15)27-28-21/h6-12,26H,2-5H2,1H3,(H,24,25)(H,27,28). The van der Waals surface area contributed by atoms with Crippen molar-refractivity contribution < 1.29 is 0 Å². The highest BCUT2D eigenvalue weighted by molar-refractivity contribution is 6.00. The summed E-state index contributed by atoms with van der Waals surface area (Å²) in [6.45, 7) is 4.12. The average Bonchev–Trinajstić information content (AvgIpc) is 3.52. The lowest BCUT2D eigenvalue weighted by Crippen LogP contribution is -2.44. The molecule has 0 unspecified atom stereocenters. The molecule has 0 spiro atoms. The van der Waals surface area contributed by atoms with Gasteiger partial charge in [0.1, 0.15) is 5.69 Å². The highest BCUT2D eigenvalue weighted by atomic mass is 15.3. The molecule has 0 atom stereocenters. The van der Waals surface area contributed by atoms with Crippen molar-refractivity contribution in [1.29, 1.82) is 0 Å². The molecule has 1 saturated heterocycles. The highest BCUT2D eigenvalue weighted by Gasteiger charge is 2.19. The van der Waals surface area contributed by atoms with E-state index in [1.54, 1.807) is 6.20 Å². The van der Waals surface area contributed by atoms with Crippen molar-refractivity contribution in [3.63, 3.8) is 0 Å². The molecule has 0 aliphatic carbocycles. The van der Waals surface area contributed by atoms with Crippen LogP contribution in [0.1, 0.15) is 0 Å². The molecule has 3 N–H and O–H groups in total. The van der Waals surface area contributed by atoms with Gasteiger partial charge in [0, 0.05) is 48.7 Å². The number of rotatable bonds is 3. The second-order valence-corrected chi connectivity index (χ2v) is 7.77. The average molecular weight is 399 g/mol. The van der Waals surface area contributed by atoms with Crippen LogP contribution in [0.3, 0.4) is 0 Å². The summed E-state index contributed by atoms with van der Waals surface area (Å²) in [5.41, 5.74) is 6.72. The normalized spacial score (nSPS) is 15.4. The summed E-state index contributed by atoms with van der Waals surface area (Å²) >= 11 is 0. The SMILES string of the molecule is CN1CCN(c2cncc3[nH]c(-c4n[nH]c5cnc(-c6cn[nH]c6)cc45)cc23)CC1. The van der Waals surface area contributed by atoms with Crippen LogP contribution in [0.2, 0.25) is 0 Å². The maximum absolute atomic E-state index is 4.58. The van der Waals surface area contributed by atoms with E-state index in [0.29, 0.717) is 0 Å². The van der Waals surface area contributed by atoms with E-state index in [0.717, 1.165) is 65.2 Å². The fourth-order valence-corrected chi connectivity index (χ4v) is 4.13. The summed E-state index contributed by atoms with van der Waals surface area (Å²) in [6.07, 6.45) is 9.27. The number of likely N-dealkylation sites (N-methyl/N-ethyl adjacent to an activating group) is 1. The lowest BCUT2D eigenvalue weighted by molar-refractivity contribution is 0.313. The molecule has 9 nitrogen and oxygen atoms in total. The molecular weight excluding hydrogens is 378 g/mol. The van der Waals surface area contributed by atoms with E-state index in [1.165, 1.54) is 11.1 Å². The fourth-order valence-electron chi connectivity index (χ4n) is 4.13. The Morgan fingerprint density at radius 1 is 0.933 bits per heavy atom. The summed E-state index contributed by atoms with van der Waals surface area (Å²) in [6, 6.07) is 4.22. The van der Waals surface area contributed by atoms with Crippen molar-refractivity contribution >= 4 is 27.5 Å². The van der Waals surface area contributed by atoms with Crippen molar-refractivity contribution in [2.45, 2.75) is 0 Å². The first-order valence-electron chi connectivity index (χ1n) is 10.00. The number of hydrogen-bond acceptors (Lipinski definition) is 6. The van der Waals surface area contributed by atoms with Gasteiger partial charge < -0.3 is 14.8 Å². The van der Waals surface area contributed by atoms with Gasteiger partial charge in [-0.25, -0.2) is 0 Å². The number of fused-ring (bicyclic) bond motifs is 2. The van der Waals surface area contributed by atoms with E-state index in [-0.39, 0.29) is 0 Å². The van der Waals surface area contributed by atoms with Gasteiger partial charge in [-0.15, -0.1) is 0 Å². The van der Waals surface area contributed by atoms with E-state index in [9.17, 15) is 0 Å². The third-order valence-corrected chi connectivity index (χ3v) is 5.86. The summed E-state index contributed by atoms with van der Waals surface area (Å²) < 4.78 is 0. The summed E-state index contributed by atoms with van der Waals surface area (Å²) in [4.78, 5) is 17.3. The minimum atomic E-state index is 0.856. The number of hydrogen-bond donors (Lipinski definition) is 3. The Labute approximate surface area is 172 Å². The van der Waals surface area contributed by atoms with Crippen molar-refractivity contribution in [3.05, 3.63) is 43.1 Å². The van der Waals surface area contributed by atoms with Gasteiger partial charge in [0.2, 0.25) is 0 Å². The minimum Gasteiger partial charge on any atom is -0.367 e. The number of aromatic amines is 3. The van der Waals surface area contributed by atoms with E-state index in [2.05, 4.69) is 58.3 Å². The monoisotopic (exact) mass is 399 g/mol. The van der Waals surface area contributed by atoms with Crippen LogP contribution in [0.25, 0.3) is 44.5 Å². The van der Waals surface area contributed by atoms with Crippen LogP contribution < -0.4 is 4.90 Å². The maximum Gasteiger partial charge on any atom is 0.116 e. The van der Waals surface area contributed by atoms with E-state index in [1.807, 2.05) is 30.9 Å². The van der Waals surface area contributed by atoms with Crippen molar-refractivity contribution in [2.24, 2.45) is 0 Å². The molecule has 30 heavy (non-hydrogen) atoms. The second kappa shape index (κ2) is 6.67. The van der Waals surface area contributed by atoms with Crippen LogP contribution in [-0.2, 0) is 0 Å². The van der Waals surface area contributed by atoms with E-state index >= 15 is 0 Å². The summed E-state index contributed by atoms with van der Waals surface area (Å²) in [7, 11) is 2.17. The van der Waals surface area contributed by atoms with Gasteiger partial charge in [-0.3, -0.25) is 20.2 Å². The van der Waals surface area contributed by atoms with Crippen LogP contribution >= 0.6 is 0 Å². The van der Waals surface area contributed by atoms with Crippen molar-refractivity contribution in [3.8, 4) is 22.6 Å². The van der Waals surface area contributed by atoms with Crippen LogP contribution in [0.15, 0.2) is 43.1 Å². The summed E-state index contributed by atoms with van der Waals surface area (Å²) in [5, 5.41) is 16.7. The molecule has 0 bridgehead atoms. The molecular formula is C21H21N9. The molecule has 150 valence electrons. The third-order valence-electron chi connectivity index (χ3n) is 5.86. The zero-order chi connectivity index (χ0) is 20.1. The number of piperazine rings is 1. The lowest BCUT2D eigenvalue weighted by Gasteiger charge is -2.34. The number of aromatic nitrogens is 7. The van der Waals surface area contributed by atoms with Crippen LogP contribution in [0, 0.1) is 0 Å². The first-order chi connectivity index (χ1) is 14.8. The van der Waals surface area contributed by atoms with Crippen LogP contribution in [0.5, 0.6) is 0 Å².